The van der Waals surface area contributed by atoms with Gasteiger partial charge in [0.05, 0.1) is 5.60 Å². The van der Waals surface area contributed by atoms with E-state index in [1.165, 1.54) is 12.8 Å². The van der Waals surface area contributed by atoms with Crippen molar-refractivity contribution in [2.75, 3.05) is 19.6 Å². The van der Waals surface area contributed by atoms with Crippen molar-refractivity contribution < 1.29 is 9.90 Å². The van der Waals surface area contributed by atoms with Gasteiger partial charge in [-0.05, 0) is 31.7 Å². The smallest absolute Gasteiger partial charge is 0.223 e. The third kappa shape index (κ3) is 2.69. The van der Waals surface area contributed by atoms with E-state index in [2.05, 4.69) is 10.6 Å². The highest BCUT2D eigenvalue weighted by molar-refractivity contribution is 5.78. The molecule has 2 aliphatic rings. The van der Waals surface area contributed by atoms with Gasteiger partial charge in [0.1, 0.15) is 0 Å². The van der Waals surface area contributed by atoms with E-state index < -0.39 is 5.60 Å². The zero-order chi connectivity index (χ0) is 10.9. The van der Waals surface area contributed by atoms with Gasteiger partial charge in [0.15, 0.2) is 0 Å². The first-order chi connectivity index (χ1) is 7.11. The maximum atomic E-state index is 11.7. The second-order valence-electron chi connectivity index (χ2n) is 5.00. The highest BCUT2D eigenvalue weighted by Gasteiger charge is 2.35. The van der Waals surface area contributed by atoms with Crippen molar-refractivity contribution in [3.05, 3.63) is 0 Å². The highest BCUT2D eigenvalue weighted by atomic mass is 16.3. The van der Waals surface area contributed by atoms with Crippen LogP contribution in [0.1, 0.15) is 26.2 Å². The molecule has 2 unspecified atom stereocenters. The van der Waals surface area contributed by atoms with Crippen LogP contribution in [0.3, 0.4) is 0 Å². The van der Waals surface area contributed by atoms with Crippen LogP contribution in [-0.4, -0.2) is 36.2 Å². The number of amides is 1. The Labute approximate surface area is 90.4 Å². The Hall–Kier alpha value is -0.610. The van der Waals surface area contributed by atoms with Crippen molar-refractivity contribution in [3.63, 3.8) is 0 Å². The molecule has 0 bridgehead atoms. The van der Waals surface area contributed by atoms with E-state index in [4.69, 9.17) is 0 Å². The summed E-state index contributed by atoms with van der Waals surface area (Å²) >= 11 is 0. The summed E-state index contributed by atoms with van der Waals surface area (Å²) in [6.07, 6.45) is 3.09. The van der Waals surface area contributed by atoms with E-state index in [1.54, 1.807) is 0 Å². The van der Waals surface area contributed by atoms with Gasteiger partial charge in [-0.3, -0.25) is 4.79 Å². The molecule has 1 aliphatic heterocycles. The Morgan fingerprint density at radius 3 is 2.93 bits per heavy atom. The maximum absolute atomic E-state index is 11.7. The lowest BCUT2D eigenvalue weighted by atomic mass is 10.0. The predicted molar refractivity (Wildman–Crippen MR) is 57.3 cm³/mol. The van der Waals surface area contributed by atoms with Crippen molar-refractivity contribution in [1.29, 1.82) is 0 Å². The van der Waals surface area contributed by atoms with Crippen LogP contribution in [-0.2, 0) is 4.79 Å². The first kappa shape index (κ1) is 10.9. The number of carbonyl (C=O) groups is 1. The number of hydrogen-bond donors (Lipinski definition) is 3. The predicted octanol–water partition coefficient (Wildman–Crippen LogP) is -0.127. The van der Waals surface area contributed by atoms with E-state index >= 15 is 0 Å². The van der Waals surface area contributed by atoms with Crippen LogP contribution >= 0.6 is 0 Å². The SMILES string of the molecule is CC(C(=O)NCC1(O)CCNC1)C1CC1. The van der Waals surface area contributed by atoms with Gasteiger partial charge in [-0.1, -0.05) is 6.92 Å². The molecule has 2 rings (SSSR count). The summed E-state index contributed by atoms with van der Waals surface area (Å²) in [5.74, 6) is 0.794. The molecule has 1 amide bonds. The fourth-order valence-electron chi connectivity index (χ4n) is 2.10. The minimum Gasteiger partial charge on any atom is -0.387 e. The molecule has 0 aromatic heterocycles. The average molecular weight is 212 g/mol. The quantitative estimate of drug-likeness (QED) is 0.608. The van der Waals surface area contributed by atoms with Gasteiger partial charge in [-0.15, -0.1) is 0 Å². The Morgan fingerprint density at radius 1 is 1.67 bits per heavy atom. The van der Waals surface area contributed by atoms with Crippen molar-refractivity contribution in [1.82, 2.24) is 10.6 Å². The lowest BCUT2D eigenvalue weighted by Crippen LogP contribution is -2.45. The average Bonchev–Trinajstić information content (AvgIpc) is 2.98. The van der Waals surface area contributed by atoms with Gasteiger partial charge in [-0.2, -0.15) is 0 Å². The summed E-state index contributed by atoms with van der Waals surface area (Å²) in [7, 11) is 0. The molecule has 4 nitrogen and oxygen atoms in total. The molecule has 0 aromatic rings. The number of hydrogen-bond acceptors (Lipinski definition) is 3. The monoisotopic (exact) mass is 212 g/mol. The minimum atomic E-state index is -0.723. The van der Waals surface area contributed by atoms with Crippen LogP contribution in [0.15, 0.2) is 0 Å². The fourth-order valence-corrected chi connectivity index (χ4v) is 2.10. The van der Waals surface area contributed by atoms with E-state index in [0.29, 0.717) is 19.0 Å². The van der Waals surface area contributed by atoms with Gasteiger partial charge in [0.25, 0.3) is 0 Å². The highest BCUT2D eigenvalue weighted by Crippen LogP contribution is 2.36. The Morgan fingerprint density at radius 2 is 2.40 bits per heavy atom. The zero-order valence-corrected chi connectivity index (χ0v) is 9.25. The first-order valence-electron chi connectivity index (χ1n) is 5.81. The first-order valence-corrected chi connectivity index (χ1v) is 5.81. The normalized spacial score (nSPS) is 32.7. The van der Waals surface area contributed by atoms with Crippen molar-refractivity contribution in [3.8, 4) is 0 Å². The standard InChI is InChI=1S/C11H20N2O2/c1-8(9-2-3-9)10(14)13-7-11(15)4-5-12-6-11/h8-9,12,15H,2-7H2,1H3,(H,13,14). The molecule has 1 aliphatic carbocycles. The summed E-state index contributed by atoms with van der Waals surface area (Å²) in [6.45, 7) is 3.79. The molecule has 1 saturated carbocycles. The van der Waals surface area contributed by atoms with Crippen LogP contribution in [0.5, 0.6) is 0 Å². The lowest BCUT2D eigenvalue weighted by molar-refractivity contribution is -0.126. The van der Waals surface area contributed by atoms with Crippen molar-refractivity contribution >= 4 is 5.91 Å². The molecular weight excluding hydrogens is 192 g/mol. The van der Waals surface area contributed by atoms with Gasteiger partial charge in [0.2, 0.25) is 5.91 Å². The number of β-amino-alcohol motifs (C(OH)–C–C–N with tert-alkyl or cyclic N) is 1. The summed E-state index contributed by atoms with van der Waals surface area (Å²) in [4.78, 5) is 11.7. The maximum Gasteiger partial charge on any atom is 0.223 e. The van der Waals surface area contributed by atoms with Crippen LogP contribution < -0.4 is 10.6 Å². The van der Waals surface area contributed by atoms with E-state index in [9.17, 15) is 9.90 Å². The molecule has 3 N–H and O–H groups in total. The summed E-state index contributed by atoms with van der Waals surface area (Å²) in [5, 5.41) is 16.0. The summed E-state index contributed by atoms with van der Waals surface area (Å²) in [5.41, 5.74) is -0.723. The van der Waals surface area contributed by atoms with Gasteiger partial charge < -0.3 is 15.7 Å². The van der Waals surface area contributed by atoms with Crippen LogP contribution in [0.4, 0.5) is 0 Å². The van der Waals surface area contributed by atoms with Crippen LogP contribution in [0.25, 0.3) is 0 Å². The molecule has 1 saturated heterocycles. The molecule has 2 atom stereocenters. The molecule has 0 spiro atoms. The fraction of sp³-hybridized carbons (Fsp3) is 0.909. The summed E-state index contributed by atoms with van der Waals surface area (Å²) in [6, 6.07) is 0. The molecular formula is C11H20N2O2. The van der Waals surface area contributed by atoms with Gasteiger partial charge in [-0.25, -0.2) is 0 Å². The largest absolute Gasteiger partial charge is 0.387 e. The Bertz CT molecular complexity index is 245. The molecule has 4 heteroatoms. The summed E-state index contributed by atoms with van der Waals surface area (Å²) < 4.78 is 0. The number of aliphatic hydroxyl groups is 1. The molecule has 15 heavy (non-hydrogen) atoms. The van der Waals surface area contributed by atoms with Crippen molar-refractivity contribution in [2.45, 2.75) is 31.8 Å². The second kappa shape index (κ2) is 4.10. The van der Waals surface area contributed by atoms with Crippen LogP contribution in [0, 0.1) is 11.8 Å². The van der Waals surface area contributed by atoms with E-state index in [1.807, 2.05) is 6.92 Å². The topological polar surface area (TPSA) is 61.4 Å². The molecule has 2 fully saturated rings. The third-order valence-corrected chi connectivity index (χ3v) is 3.56. The van der Waals surface area contributed by atoms with Gasteiger partial charge >= 0.3 is 0 Å². The van der Waals surface area contributed by atoms with E-state index in [0.717, 1.165) is 13.0 Å². The second-order valence-corrected chi connectivity index (χ2v) is 5.00. The molecule has 1 heterocycles. The van der Waals surface area contributed by atoms with Gasteiger partial charge in [0, 0.05) is 19.0 Å². The molecule has 86 valence electrons. The Kier molecular flexibility index (Phi) is 2.98. The minimum absolute atomic E-state index is 0.0952. The number of rotatable bonds is 4. The number of carbonyl (C=O) groups excluding carboxylic acids is 1. The molecule has 0 aromatic carbocycles. The van der Waals surface area contributed by atoms with Crippen molar-refractivity contribution in [2.24, 2.45) is 11.8 Å². The zero-order valence-electron chi connectivity index (χ0n) is 9.25. The number of nitrogens with one attached hydrogen (secondary N) is 2. The third-order valence-electron chi connectivity index (χ3n) is 3.56. The lowest BCUT2D eigenvalue weighted by Gasteiger charge is -2.22. The van der Waals surface area contributed by atoms with E-state index in [-0.39, 0.29) is 11.8 Å². The molecule has 0 radical (unpaired) electrons. The Balaban J connectivity index is 1.74. The van der Waals surface area contributed by atoms with Crippen LogP contribution in [0.2, 0.25) is 0 Å².